The van der Waals surface area contributed by atoms with Crippen molar-refractivity contribution in [2.45, 2.75) is 13.8 Å². The van der Waals surface area contributed by atoms with E-state index in [1.807, 2.05) is 48.7 Å². The van der Waals surface area contributed by atoms with Crippen LogP contribution in [0.25, 0.3) is 11.8 Å². The number of aromatic nitrogens is 1. The van der Waals surface area contributed by atoms with Gasteiger partial charge in [-0.05, 0) is 85.8 Å². The molecule has 1 aromatic heterocycles. The van der Waals surface area contributed by atoms with Crippen LogP contribution in [0.15, 0.2) is 59.5 Å². The molecule has 2 heterocycles. The highest BCUT2D eigenvalue weighted by Gasteiger charge is 2.36. The Morgan fingerprint density at radius 3 is 2.53 bits per heavy atom. The normalized spacial score (nSPS) is 14.7. The van der Waals surface area contributed by atoms with Gasteiger partial charge in [-0.25, -0.2) is 4.39 Å². The largest absolute Gasteiger partial charge is 0.497 e. The zero-order chi connectivity index (χ0) is 24.4. The third-order valence-electron chi connectivity index (χ3n) is 5.37. The van der Waals surface area contributed by atoms with Crippen LogP contribution >= 0.6 is 11.8 Å². The second kappa shape index (κ2) is 9.56. The Morgan fingerprint density at radius 1 is 1.12 bits per heavy atom. The lowest BCUT2D eigenvalue weighted by Gasteiger charge is -2.12. The van der Waals surface area contributed by atoms with E-state index in [4.69, 9.17) is 4.74 Å². The number of carbonyl (C=O) groups is 3. The molecule has 0 unspecified atom stereocenters. The van der Waals surface area contributed by atoms with Gasteiger partial charge >= 0.3 is 0 Å². The van der Waals surface area contributed by atoms with Crippen molar-refractivity contribution in [2.75, 3.05) is 19.0 Å². The maximum absolute atomic E-state index is 13.3. The maximum atomic E-state index is 13.3. The molecule has 1 fully saturated rings. The van der Waals surface area contributed by atoms with Gasteiger partial charge < -0.3 is 14.6 Å². The Labute approximate surface area is 200 Å². The molecule has 7 nitrogen and oxygen atoms in total. The summed E-state index contributed by atoms with van der Waals surface area (Å²) in [7, 11) is 1.61. The maximum Gasteiger partial charge on any atom is 0.294 e. The first kappa shape index (κ1) is 23.3. The van der Waals surface area contributed by atoms with Gasteiger partial charge in [0.15, 0.2) is 0 Å². The van der Waals surface area contributed by atoms with Gasteiger partial charge in [0.05, 0.1) is 12.0 Å². The van der Waals surface area contributed by atoms with E-state index >= 15 is 0 Å². The van der Waals surface area contributed by atoms with Crippen molar-refractivity contribution in [3.63, 3.8) is 0 Å². The van der Waals surface area contributed by atoms with Crippen LogP contribution in [0.2, 0.25) is 0 Å². The van der Waals surface area contributed by atoms with Gasteiger partial charge in [0, 0.05) is 22.8 Å². The number of aryl methyl sites for hydroxylation is 1. The molecule has 0 aliphatic carbocycles. The van der Waals surface area contributed by atoms with Crippen LogP contribution in [0.5, 0.6) is 5.75 Å². The Balaban J connectivity index is 1.52. The number of halogens is 1. The number of nitrogens with one attached hydrogen (secondary N) is 1. The summed E-state index contributed by atoms with van der Waals surface area (Å²) >= 11 is 0.785. The van der Waals surface area contributed by atoms with E-state index in [-0.39, 0.29) is 10.6 Å². The average molecular weight is 480 g/mol. The van der Waals surface area contributed by atoms with Gasteiger partial charge in [-0.15, -0.1) is 0 Å². The van der Waals surface area contributed by atoms with E-state index in [0.29, 0.717) is 0 Å². The van der Waals surface area contributed by atoms with Crippen LogP contribution < -0.4 is 10.1 Å². The Bertz CT molecular complexity index is 1310. The van der Waals surface area contributed by atoms with Gasteiger partial charge in [0.1, 0.15) is 18.1 Å². The fourth-order valence-electron chi connectivity index (χ4n) is 3.75. The van der Waals surface area contributed by atoms with E-state index < -0.39 is 29.4 Å². The molecule has 1 N–H and O–H groups in total. The van der Waals surface area contributed by atoms with Gasteiger partial charge in [-0.1, -0.05) is 6.07 Å². The summed E-state index contributed by atoms with van der Waals surface area (Å²) in [5, 5.41) is 1.96. The predicted octanol–water partition coefficient (Wildman–Crippen LogP) is 4.92. The number of methoxy groups -OCH3 is 1. The van der Waals surface area contributed by atoms with Crippen LogP contribution in [0.4, 0.5) is 14.9 Å². The number of hydrogen-bond acceptors (Lipinski definition) is 5. The number of nitrogens with zero attached hydrogens (tertiary/aromatic N) is 2. The topological polar surface area (TPSA) is 80.6 Å². The number of thioether (sulfide) groups is 1. The lowest BCUT2D eigenvalue weighted by Crippen LogP contribution is -2.36. The van der Waals surface area contributed by atoms with Crippen LogP contribution in [0.1, 0.15) is 17.0 Å². The minimum absolute atomic E-state index is 0.235. The number of rotatable bonds is 6. The fourth-order valence-corrected chi connectivity index (χ4v) is 4.58. The van der Waals surface area contributed by atoms with E-state index in [0.717, 1.165) is 51.1 Å². The van der Waals surface area contributed by atoms with Crippen molar-refractivity contribution in [1.29, 1.82) is 0 Å². The van der Waals surface area contributed by atoms with Crippen molar-refractivity contribution in [3.8, 4) is 11.4 Å². The summed E-state index contributed by atoms with van der Waals surface area (Å²) in [5.41, 5.74) is 3.85. The molecular weight excluding hydrogens is 457 g/mol. The zero-order valence-electron chi connectivity index (χ0n) is 18.8. The quantitative estimate of drug-likeness (QED) is 0.508. The lowest BCUT2D eigenvalue weighted by molar-refractivity contribution is -0.127. The molecule has 1 aliphatic rings. The van der Waals surface area contributed by atoms with Gasteiger partial charge in [-0.2, -0.15) is 0 Å². The van der Waals surface area contributed by atoms with E-state index in [1.54, 1.807) is 13.2 Å². The van der Waals surface area contributed by atoms with Crippen LogP contribution in [0, 0.1) is 19.7 Å². The monoisotopic (exact) mass is 479 g/mol. The standard InChI is InChI=1S/C25H22FN3O4S/c1-15-11-17(16(2)29(15)20-7-9-21(33-3)10-8-20)12-22-24(31)28(25(32)34-22)14-23(30)27-19-6-4-5-18(26)13-19/h4-13H,14H2,1-3H3,(H,27,30)/b22-12+. The van der Waals surface area contributed by atoms with Crippen molar-refractivity contribution in [3.05, 3.63) is 82.3 Å². The van der Waals surface area contributed by atoms with Crippen LogP contribution in [-0.4, -0.2) is 40.2 Å². The summed E-state index contributed by atoms with van der Waals surface area (Å²) in [6, 6.07) is 14.9. The molecule has 0 spiro atoms. The minimum atomic E-state index is -0.591. The molecule has 0 atom stereocenters. The third kappa shape index (κ3) is 4.74. The van der Waals surface area contributed by atoms with Gasteiger partial charge in [-0.3, -0.25) is 19.3 Å². The van der Waals surface area contributed by atoms with E-state index in [2.05, 4.69) is 5.32 Å². The first-order chi connectivity index (χ1) is 16.3. The number of carbonyl (C=O) groups excluding carboxylic acids is 3. The summed E-state index contributed by atoms with van der Waals surface area (Å²) in [6.45, 7) is 3.43. The molecule has 1 aliphatic heterocycles. The molecule has 0 bridgehead atoms. The Kier molecular flexibility index (Phi) is 6.56. The smallest absolute Gasteiger partial charge is 0.294 e. The molecule has 0 saturated carbocycles. The van der Waals surface area contributed by atoms with E-state index in [9.17, 15) is 18.8 Å². The molecule has 3 aromatic rings. The average Bonchev–Trinajstić information content (AvgIpc) is 3.23. The van der Waals surface area contributed by atoms with Crippen molar-refractivity contribution >= 4 is 40.6 Å². The molecule has 34 heavy (non-hydrogen) atoms. The highest BCUT2D eigenvalue weighted by Crippen LogP contribution is 2.34. The second-order valence-electron chi connectivity index (χ2n) is 7.69. The van der Waals surface area contributed by atoms with Gasteiger partial charge in [0.2, 0.25) is 5.91 Å². The molecular formula is C25H22FN3O4S. The highest BCUT2D eigenvalue weighted by atomic mass is 32.2. The number of benzene rings is 2. The summed E-state index contributed by atoms with van der Waals surface area (Å²) < 4.78 is 20.6. The van der Waals surface area contributed by atoms with Crippen molar-refractivity contribution in [2.24, 2.45) is 0 Å². The fraction of sp³-hybridized carbons (Fsp3) is 0.160. The van der Waals surface area contributed by atoms with Crippen LogP contribution in [-0.2, 0) is 9.59 Å². The van der Waals surface area contributed by atoms with Crippen LogP contribution in [0.3, 0.4) is 0 Å². The molecule has 1 saturated heterocycles. The molecule has 174 valence electrons. The summed E-state index contributed by atoms with van der Waals surface area (Å²) in [4.78, 5) is 38.7. The van der Waals surface area contributed by atoms with E-state index in [1.165, 1.54) is 18.2 Å². The molecule has 0 radical (unpaired) electrons. The molecule has 4 rings (SSSR count). The number of ether oxygens (including phenoxy) is 1. The highest BCUT2D eigenvalue weighted by molar-refractivity contribution is 8.18. The number of amides is 3. The Morgan fingerprint density at radius 2 is 1.85 bits per heavy atom. The summed E-state index contributed by atoms with van der Waals surface area (Å²) in [5.74, 6) is -0.883. The van der Waals surface area contributed by atoms with Gasteiger partial charge in [0.25, 0.3) is 11.1 Å². The molecule has 3 amide bonds. The molecule has 2 aromatic carbocycles. The third-order valence-corrected chi connectivity index (χ3v) is 6.28. The molecule has 9 heteroatoms. The number of anilines is 1. The Hall–Kier alpha value is -3.85. The SMILES string of the molecule is COc1ccc(-n2c(C)cc(/C=C3/SC(=O)N(CC(=O)Nc4cccc(F)c4)C3=O)c2C)cc1. The first-order valence-corrected chi connectivity index (χ1v) is 11.2. The summed E-state index contributed by atoms with van der Waals surface area (Å²) in [6.07, 6.45) is 1.66. The first-order valence-electron chi connectivity index (χ1n) is 10.4. The minimum Gasteiger partial charge on any atom is -0.497 e. The number of hydrogen-bond donors (Lipinski definition) is 1. The number of imide groups is 1. The zero-order valence-corrected chi connectivity index (χ0v) is 19.6. The predicted molar refractivity (Wildman–Crippen MR) is 130 cm³/mol. The van der Waals surface area contributed by atoms with Crippen molar-refractivity contribution in [1.82, 2.24) is 9.47 Å². The second-order valence-corrected chi connectivity index (χ2v) is 8.68. The lowest BCUT2D eigenvalue weighted by atomic mass is 10.2. The van der Waals surface area contributed by atoms with Crippen molar-refractivity contribution < 1.29 is 23.5 Å².